The Morgan fingerprint density at radius 1 is 1.03 bits per heavy atom. The highest BCUT2D eigenvalue weighted by atomic mass is 32.1. The van der Waals surface area contributed by atoms with Gasteiger partial charge in [-0.2, -0.15) is 0 Å². The number of nitrogens with one attached hydrogen (secondary N) is 2. The Hall–Kier alpha value is -3.10. The van der Waals surface area contributed by atoms with E-state index in [2.05, 4.69) is 25.6 Å². The molecule has 1 aliphatic rings. The molecule has 1 unspecified atom stereocenters. The predicted molar refractivity (Wildman–Crippen MR) is 126 cm³/mol. The van der Waals surface area contributed by atoms with Gasteiger partial charge in [-0.1, -0.05) is 60.6 Å². The van der Waals surface area contributed by atoms with Crippen molar-refractivity contribution < 1.29 is 9.50 Å². The Morgan fingerprint density at radius 2 is 1.88 bits per heavy atom. The van der Waals surface area contributed by atoms with Crippen LogP contribution >= 0.6 is 11.3 Å². The molecule has 1 aliphatic carbocycles. The first-order valence-electron chi connectivity index (χ1n) is 10.8. The van der Waals surface area contributed by atoms with E-state index in [0.29, 0.717) is 26.7 Å². The number of aliphatic hydroxyl groups excluding tert-OH is 1. The van der Waals surface area contributed by atoms with E-state index in [1.54, 1.807) is 18.5 Å². The van der Waals surface area contributed by atoms with Crippen molar-refractivity contribution in [3.63, 3.8) is 0 Å². The van der Waals surface area contributed by atoms with Crippen LogP contribution in [0.3, 0.4) is 0 Å². The van der Waals surface area contributed by atoms with Gasteiger partial charge >= 0.3 is 0 Å². The zero-order valence-electron chi connectivity index (χ0n) is 17.5. The molecule has 0 bridgehead atoms. The summed E-state index contributed by atoms with van der Waals surface area (Å²) >= 11 is 1.29. The second-order valence-electron chi connectivity index (χ2n) is 8.02. The molecule has 0 saturated heterocycles. The lowest BCUT2D eigenvalue weighted by atomic mass is 9.93. The number of fused-ring (bicyclic) bond motifs is 1. The fourth-order valence-electron chi connectivity index (χ4n) is 4.02. The largest absolute Gasteiger partial charge is 0.391 e. The monoisotopic (exact) mass is 449 g/mol. The number of anilines is 2. The molecule has 164 valence electrons. The molecule has 6 nitrogen and oxygen atoms in total. The molecule has 2 aromatic heterocycles. The molecular formula is C24H24FN5OS. The maximum absolute atomic E-state index is 15.2. The third kappa shape index (κ3) is 4.42. The number of thiazole rings is 1. The van der Waals surface area contributed by atoms with Gasteiger partial charge in [0.15, 0.2) is 5.13 Å². The van der Waals surface area contributed by atoms with Crippen molar-refractivity contribution in [2.75, 3.05) is 10.6 Å². The van der Waals surface area contributed by atoms with Gasteiger partial charge in [0.2, 0.25) is 0 Å². The van der Waals surface area contributed by atoms with Crippen molar-refractivity contribution in [1.29, 1.82) is 0 Å². The van der Waals surface area contributed by atoms with Gasteiger partial charge in [0.1, 0.15) is 11.6 Å². The van der Waals surface area contributed by atoms with Gasteiger partial charge in [-0.25, -0.2) is 14.4 Å². The van der Waals surface area contributed by atoms with Crippen molar-refractivity contribution in [2.45, 2.75) is 44.4 Å². The summed E-state index contributed by atoms with van der Waals surface area (Å²) < 4.78 is 15.7. The highest BCUT2D eigenvalue weighted by molar-refractivity contribution is 7.22. The summed E-state index contributed by atoms with van der Waals surface area (Å²) in [7, 11) is 0. The van der Waals surface area contributed by atoms with Gasteiger partial charge in [0, 0.05) is 17.7 Å². The number of nitrogens with zero attached hydrogens (tertiary/aromatic N) is 3. The van der Waals surface area contributed by atoms with E-state index >= 15 is 4.39 Å². The van der Waals surface area contributed by atoms with E-state index in [9.17, 15) is 5.11 Å². The number of aliphatic hydroxyl groups is 1. The van der Waals surface area contributed by atoms with Crippen molar-refractivity contribution in [1.82, 2.24) is 15.0 Å². The summed E-state index contributed by atoms with van der Waals surface area (Å²) in [5.74, 6) is 0.306. The van der Waals surface area contributed by atoms with Crippen LogP contribution in [0.25, 0.3) is 21.5 Å². The average Bonchev–Trinajstić information content (AvgIpc) is 3.24. The van der Waals surface area contributed by atoms with Crippen LogP contribution in [0.1, 0.15) is 31.2 Å². The van der Waals surface area contributed by atoms with E-state index in [1.807, 2.05) is 36.4 Å². The second kappa shape index (κ2) is 9.18. The second-order valence-corrected chi connectivity index (χ2v) is 9.02. The molecule has 0 amide bonds. The maximum Gasteiger partial charge on any atom is 0.184 e. The predicted octanol–water partition coefficient (Wildman–Crippen LogP) is 5.22. The third-order valence-corrected chi connectivity index (χ3v) is 6.77. The average molecular weight is 450 g/mol. The zero-order valence-corrected chi connectivity index (χ0v) is 18.3. The Bertz CT molecular complexity index is 1220. The summed E-state index contributed by atoms with van der Waals surface area (Å²) in [4.78, 5) is 13.4. The lowest BCUT2D eigenvalue weighted by molar-refractivity contribution is 0.116. The van der Waals surface area contributed by atoms with E-state index in [4.69, 9.17) is 0 Å². The number of halogens is 1. The molecule has 5 rings (SSSR count). The lowest BCUT2D eigenvalue weighted by Crippen LogP contribution is -2.36. The van der Waals surface area contributed by atoms with Crippen LogP contribution in [-0.4, -0.2) is 32.2 Å². The van der Waals surface area contributed by atoms with E-state index in [-0.39, 0.29) is 24.5 Å². The minimum atomic E-state index is -0.381. The first-order valence-corrected chi connectivity index (χ1v) is 11.6. The van der Waals surface area contributed by atoms with Gasteiger partial charge in [-0.15, -0.1) is 0 Å². The van der Waals surface area contributed by atoms with Crippen molar-refractivity contribution in [2.24, 2.45) is 0 Å². The Labute approximate surface area is 189 Å². The topological polar surface area (TPSA) is 83.0 Å². The third-order valence-electron chi connectivity index (χ3n) is 5.78. The molecule has 0 aliphatic heterocycles. The molecule has 2 atom stereocenters. The first kappa shape index (κ1) is 20.8. The van der Waals surface area contributed by atoms with Crippen LogP contribution in [0.2, 0.25) is 0 Å². The molecule has 3 N–H and O–H groups in total. The number of hydrogen-bond donors (Lipinski definition) is 3. The molecule has 0 spiro atoms. The standard InChI is InChI=1S/C24H24FN5OS/c25-22-16(12-27-21-14-26-13-19(28-21)15-6-2-1-3-7-15)10-11-18-23(22)32-24(30-18)29-17-8-4-5-9-20(17)31/h1-3,6-7,10-11,13-14,17,20,31H,4-5,8-9,12H2,(H,27,28)(H,29,30)/t17?,20-/m0/s1. The Balaban J connectivity index is 1.31. The molecule has 2 aromatic carbocycles. The number of rotatable bonds is 6. The van der Waals surface area contributed by atoms with E-state index in [0.717, 1.165) is 36.9 Å². The maximum atomic E-state index is 15.2. The molecular weight excluding hydrogens is 425 g/mol. The van der Waals surface area contributed by atoms with Gasteiger partial charge in [-0.05, 0) is 18.9 Å². The van der Waals surface area contributed by atoms with Crippen LogP contribution in [0.5, 0.6) is 0 Å². The van der Waals surface area contributed by atoms with Gasteiger partial charge < -0.3 is 15.7 Å². The van der Waals surface area contributed by atoms with Crippen LogP contribution < -0.4 is 10.6 Å². The summed E-state index contributed by atoms with van der Waals surface area (Å²) in [6, 6.07) is 13.4. The minimum absolute atomic E-state index is 0.0241. The van der Waals surface area contributed by atoms with Crippen LogP contribution in [0, 0.1) is 5.82 Å². The van der Waals surface area contributed by atoms with Gasteiger partial charge in [0.05, 0.1) is 40.5 Å². The quantitative estimate of drug-likeness (QED) is 0.374. The normalized spacial score (nSPS) is 18.6. The van der Waals surface area contributed by atoms with Crippen molar-refractivity contribution in [3.8, 4) is 11.3 Å². The smallest absolute Gasteiger partial charge is 0.184 e. The number of hydrogen-bond acceptors (Lipinski definition) is 7. The molecule has 8 heteroatoms. The fraction of sp³-hybridized carbons (Fsp3) is 0.292. The molecule has 0 radical (unpaired) electrons. The van der Waals surface area contributed by atoms with Crippen LogP contribution in [0.4, 0.5) is 15.3 Å². The molecule has 2 heterocycles. The highest BCUT2D eigenvalue weighted by Crippen LogP contribution is 2.32. The molecule has 1 saturated carbocycles. The molecule has 1 fully saturated rings. The Morgan fingerprint density at radius 3 is 2.72 bits per heavy atom. The fourth-order valence-corrected chi connectivity index (χ4v) is 5.01. The minimum Gasteiger partial charge on any atom is -0.391 e. The first-order chi connectivity index (χ1) is 15.7. The van der Waals surface area contributed by atoms with Crippen LogP contribution in [0.15, 0.2) is 54.9 Å². The SMILES string of the molecule is O[C@H]1CCCCC1Nc1nc2ccc(CNc3cncc(-c4ccccc4)n3)c(F)c2s1. The number of aromatic nitrogens is 3. The van der Waals surface area contributed by atoms with Gasteiger partial charge in [-0.3, -0.25) is 4.98 Å². The summed E-state index contributed by atoms with van der Waals surface area (Å²) in [6.45, 7) is 0.288. The molecule has 32 heavy (non-hydrogen) atoms. The van der Waals surface area contributed by atoms with Crippen molar-refractivity contribution >= 4 is 32.5 Å². The molecule has 4 aromatic rings. The van der Waals surface area contributed by atoms with E-state index < -0.39 is 0 Å². The van der Waals surface area contributed by atoms with Crippen LogP contribution in [-0.2, 0) is 6.54 Å². The summed E-state index contributed by atoms with van der Waals surface area (Å²) in [5, 5.41) is 17.3. The number of benzene rings is 2. The van der Waals surface area contributed by atoms with E-state index in [1.165, 1.54) is 11.3 Å². The summed E-state index contributed by atoms with van der Waals surface area (Å²) in [6.07, 6.45) is 6.78. The van der Waals surface area contributed by atoms with Crippen molar-refractivity contribution in [3.05, 3.63) is 66.2 Å². The zero-order chi connectivity index (χ0) is 21.9. The Kier molecular flexibility index (Phi) is 5.96. The van der Waals surface area contributed by atoms with Gasteiger partial charge in [0.25, 0.3) is 0 Å². The highest BCUT2D eigenvalue weighted by Gasteiger charge is 2.24. The lowest BCUT2D eigenvalue weighted by Gasteiger charge is -2.27. The summed E-state index contributed by atoms with van der Waals surface area (Å²) in [5.41, 5.74) is 2.89.